The van der Waals surface area contributed by atoms with Gasteiger partial charge in [-0.05, 0) is 37.3 Å². The first-order chi connectivity index (χ1) is 11.7. The normalized spacial score (nSPS) is 12.0. The molecule has 1 aromatic carbocycles. The maximum Gasteiger partial charge on any atom is 0.230 e. The Morgan fingerprint density at radius 1 is 1.25 bits per heavy atom. The number of amides is 1. The number of thioether (sulfide) groups is 1. The van der Waals surface area contributed by atoms with Gasteiger partial charge in [-0.25, -0.2) is 4.68 Å². The third kappa shape index (κ3) is 4.29. The Balaban J connectivity index is 1.45. The van der Waals surface area contributed by atoms with Crippen molar-refractivity contribution in [2.24, 2.45) is 0 Å². The molecular formula is C18H19N3O2S. The fourth-order valence-corrected chi connectivity index (χ4v) is 3.04. The highest BCUT2D eigenvalue weighted by atomic mass is 32.2. The zero-order valence-electron chi connectivity index (χ0n) is 13.4. The molecule has 0 aliphatic heterocycles. The van der Waals surface area contributed by atoms with E-state index in [0.717, 1.165) is 17.1 Å². The summed E-state index contributed by atoms with van der Waals surface area (Å²) in [5, 5.41) is 7.45. The number of hydrogen-bond acceptors (Lipinski definition) is 4. The molecule has 2 heterocycles. The van der Waals surface area contributed by atoms with Gasteiger partial charge in [0.2, 0.25) is 5.91 Å². The minimum atomic E-state index is -0.120. The molecule has 3 rings (SSSR count). The Morgan fingerprint density at radius 3 is 2.83 bits per heavy atom. The molecule has 1 N–H and O–H groups in total. The van der Waals surface area contributed by atoms with Crippen LogP contribution in [-0.4, -0.2) is 21.4 Å². The highest BCUT2D eigenvalue weighted by Gasteiger charge is 2.12. The van der Waals surface area contributed by atoms with Crippen molar-refractivity contribution in [1.82, 2.24) is 15.1 Å². The first-order valence-electron chi connectivity index (χ1n) is 7.73. The molecule has 124 valence electrons. The maximum atomic E-state index is 12.0. The lowest BCUT2D eigenvalue weighted by Gasteiger charge is -2.10. The molecule has 0 unspecified atom stereocenters. The van der Waals surface area contributed by atoms with Crippen molar-refractivity contribution >= 4 is 17.7 Å². The van der Waals surface area contributed by atoms with Crippen LogP contribution < -0.4 is 5.32 Å². The van der Waals surface area contributed by atoms with E-state index >= 15 is 0 Å². The third-order valence-electron chi connectivity index (χ3n) is 3.50. The van der Waals surface area contributed by atoms with E-state index < -0.39 is 0 Å². The summed E-state index contributed by atoms with van der Waals surface area (Å²) in [6.07, 6.45) is 3.54. The number of furan rings is 1. The Bertz CT molecular complexity index is 769. The molecule has 24 heavy (non-hydrogen) atoms. The quantitative estimate of drug-likeness (QED) is 0.713. The third-order valence-corrected chi connectivity index (χ3v) is 4.46. The Morgan fingerprint density at radius 2 is 2.08 bits per heavy atom. The predicted molar refractivity (Wildman–Crippen MR) is 95.0 cm³/mol. The molecule has 1 amide bonds. The second kappa shape index (κ2) is 7.88. The fraction of sp³-hybridized carbons (Fsp3) is 0.222. The summed E-state index contributed by atoms with van der Waals surface area (Å²) in [6, 6.07) is 15.5. The molecule has 3 aromatic rings. The van der Waals surface area contributed by atoms with Crippen LogP contribution in [-0.2, 0) is 10.5 Å². The fourth-order valence-electron chi connectivity index (χ4n) is 2.30. The number of nitrogens with one attached hydrogen (secondary N) is 1. The molecule has 0 spiro atoms. The summed E-state index contributed by atoms with van der Waals surface area (Å²) in [4.78, 5) is 12.0. The number of benzene rings is 1. The standard InChI is InChI=1S/C18H19N3O2S/c1-14(17-8-5-11-23-17)19-18(22)13-24-12-15-9-10-21(20-15)16-6-3-2-4-7-16/h2-11,14H,12-13H2,1H3,(H,19,22)/t14-/m0/s1. The van der Waals surface area contributed by atoms with Crippen molar-refractivity contribution in [2.45, 2.75) is 18.7 Å². The number of nitrogens with zero attached hydrogens (tertiary/aromatic N) is 2. The van der Waals surface area contributed by atoms with Gasteiger partial charge in [0.05, 0.1) is 29.4 Å². The van der Waals surface area contributed by atoms with Gasteiger partial charge < -0.3 is 9.73 Å². The largest absolute Gasteiger partial charge is 0.467 e. The Hall–Kier alpha value is -2.47. The Kier molecular flexibility index (Phi) is 5.38. The summed E-state index contributed by atoms with van der Waals surface area (Å²) >= 11 is 1.54. The monoisotopic (exact) mass is 341 g/mol. The molecule has 2 aromatic heterocycles. The van der Waals surface area contributed by atoms with Crippen molar-refractivity contribution in [3.63, 3.8) is 0 Å². The second-order valence-electron chi connectivity index (χ2n) is 5.38. The molecule has 0 fully saturated rings. The molecule has 0 aliphatic carbocycles. The first kappa shape index (κ1) is 16.4. The van der Waals surface area contributed by atoms with Gasteiger partial charge >= 0.3 is 0 Å². The van der Waals surface area contributed by atoms with E-state index in [9.17, 15) is 4.79 Å². The van der Waals surface area contributed by atoms with Crippen molar-refractivity contribution in [1.29, 1.82) is 0 Å². The summed E-state index contributed by atoms with van der Waals surface area (Å²) in [5.41, 5.74) is 1.98. The minimum Gasteiger partial charge on any atom is -0.467 e. The lowest BCUT2D eigenvalue weighted by atomic mass is 10.2. The van der Waals surface area contributed by atoms with Gasteiger partial charge in [-0.1, -0.05) is 18.2 Å². The van der Waals surface area contributed by atoms with Crippen molar-refractivity contribution < 1.29 is 9.21 Å². The molecule has 0 radical (unpaired) electrons. The highest BCUT2D eigenvalue weighted by Crippen LogP contribution is 2.15. The maximum absolute atomic E-state index is 12.0. The van der Waals surface area contributed by atoms with E-state index in [-0.39, 0.29) is 11.9 Å². The molecule has 0 saturated carbocycles. The summed E-state index contributed by atoms with van der Waals surface area (Å²) in [5.74, 6) is 1.84. The van der Waals surface area contributed by atoms with E-state index in [2.05, 4.69) is 10.4 Å². The van der Waals surface area contributed by atoms with E-state index in [4.69, 9.17) is 4.42 Å². The minimum absolute atomic E-state index is 0.00797. The van der Waals surface area contributed by atoms with Gasteiger partial charge in [-0.2, -0.15) is 5.10 Å². The smallest absolute Gasteiger partial charge is 0.230 e. The van der Waals surface area contributed by atoms with Crippen LogP contribution in [0.2, 0.25) is 0 Å². The first-order valence-corrected chi connectivity index (χ1v) is 8.88. The summed E-state index contributed by atoms with van der Waals surface area (Å²) in [6.45, 7) is 1.91. The number of para-hydroxylation sites is 1. The van der Waals surface area contributed by atoms with Crippen LogP contribution in [0.3, 0.4) is 0 Å². The SMILES string of the molecule is C[C@H](NC(=O)CSCc1ccn(-c2ccccc2)n1)c1ccco1. The topological polar surface area (TPSA) is 60.1 Å². The van der Waals surface area contributed by atoms with Crippen LogP contribution in [0.5, 0.6) is 0 Å². The van der Waals surface area contributed by atoms with Gasteiger partial charge in [0.25, 0.3) is 0 Å². The van der Waals surface area contributed by atoms with Gasteiger partial charge in [-0.3, -0.25) is 4.79 Å². The molecule has 5 nitrogen and oxygen atoms in total. The molecule has 1 atom stereocenters. The second-order valence-corrected chi connectivity index (χ2v) is 6.37. The predicted octanol–water partition coefficient (Wildman–Crippen LogP) is 3.58. The molecule has 0 aliphatic rings. The molecule has 0 saturated heterocycles. The zero-order valence-corrected chi connectivity index (χ0v) is 14.2. The van der Waals surface area contributed by atoms with Gasteiger partial charge in [0.1, 0.15) is 5.76 Å². The summed E-state index contributed by atoms with van der Waals surface area (Å²) < 4.78 is 7.12. The van der Waals surface area contributed by atoms with E-state index in [1.807, 2.05) is 66.3 Å². The lowest BCUT2D eigenvalue weighted by molar-refractivity contribution is -0.119. The van der Waals surface area contributed by atoms with Gasteiger partial charge in [0.15, 0.2) is 0 Å². The van der Waals surface area contributed by atoms with Crippen LogP contribution in [0.25, 0.3) is 5.69 Å². The molecule has 6 heteroatoms. The Labute approximate surface area is 145 Å². The van der Waals surface area contributed by atoms with Crippen LogP contribution in [0, 0.1) is 0 Å². The number of carbonyl (C=O) groups excluding carboxylic acids is 1. The van der Waals surface area contributed by atoms with Crippen LogP contribution in [0.1, 0.15) is 24.4 Å². The van der Waals surface area contributed by atoms with E-state index in [1.165, 1.54) is 0 Å². The van der Waals surface area contributed by atoms with Crippen molar-refractivity contribution in [3.8, 4) is 5.69 Å². The van der Waals surface area contributed by atoms with Crippen LogP contribution in [0.4, 0.5) is 0 Å². The number of rotatable bonds is 7. The summed E-state index contributed by atoms with van der Waals surface area (Å²) in [7, 11) is 0. The molecular weight excluding hydrogens is 322 g/mol. The zero-order chi connectivity index (χ0) is 16.8. The number of hydrogen-bond donors (Lipinski definition) is 1. The average Bonchev–Trinajstić information content (AvgIpc) is 3.27. The average molecular weight is 341 g/mol. The van der Waals surface area contributed by atoms with Crippen LogP contribution in [0.15, 0.2) is 65.4 Å². The van der Waals surface area contributed by atoms with E-state index in [1.54, 1.807) is 18.0 Å². The number of carbonyl (C=O) groups is 1. The lowest BCUT2D eigenvalue weighted by Crippen LogP contribution is -2.27. The van der Waals surface area contributed by atoms with Crippen molar-refractivity contribution in [3.05, 3.63) is 72.4 Å². The van der Waals surface area contributed by atoms with Gasteiger partial charge in [0, 0.05) is 11.9 Å². The van der Waals surface area contributed by atoms with E-state index in [0.29, 0.717) is 11.5 Å². The molecule has 0 bridgehead atoms. The van der Waals surface area contributed by atoms with Gasteiger partial charge in [-0.15, -0.1) is 11.8 Å². The number of aromatic nitrogens is 2. The highest BCUT2D eigenvalue weighted by molar-refractivity contribution is 7.99. The van der Waals surface area contributed by atoms with Crippen LogP contribution >= 0.6 is 11.8 Å². The van der Waals surface area contributed by atoms with Crippen molar-refractivity contribution in [2.75, 3.05) is 5.75 Å².